The zero-order valence-electron chi connectivity index (χ0n) is 18.7. The van der Waals surface area contributed by atoms with Crippen molar-refractivity contribution in [1.82, 2.24) is 9.55 Å². The molecule has 1 aromatic heterocycles. The van der Waals surface area contributed by atoms with E-state index < -0.39 is 0 Å². The summed E-state index contributed by atoms with van der Waals surface area (Å²) in [7, 11) is 3.06. The SMILES string of the molecule is COc1ccc(-n2c(=S)[nH]c3cc(C(=O)Nc4ccc(C)c(C)c4)ccc3c2=O)c(OC)c1. The van der Waals surface area contributed by atoms with Crippen LogP contribution in [0, 0.1) is 18.6 Å². The minimum absolute atomic E-state index is 0.183. The van der Waals surface area contributed by atoms with Gasteiger partial charge in [-0.25, -0.2) is 4.57 Å². The van der Waals surface area contributed by atoms with Crippen molar-refractivity contribution in [3.63, 3.8) is 0 Å². The van der Waals surface area contributed by atoms with Gasteiger partial charge in [0, 0.05) is 17.3 Å². The first kappa shape index (κ1) is 22.3. The summed E-state index contributed by atoms with van der Waals surface area (Å²) in [5.74, 6) is 0.763. The van der Waals surface area contributed by atoms with E-state index in [0.717, 1.165) is 11.1 Å². The standard InChI is InChI=1S/C25H23N3O4S/c1-14-5-7-17(11-15(14)2)26-23(29)16-6-9-19-20(12-16)27-25(33)28(24(19)30)21-10-8-18(31-3)13-22(21)32-4/h5-13H,1-4H3,(H,26,29)(H,27,33). The number of H-pyrrole nitrogens is 1. The van der Waals surface area contributed by atoms with Crippen molar-refractivity contribution in [2.75, 3.05) is 19.5 Å². The van der Waals surface area contributed by atoms with E-state index in [9.17, 15) is 9.59 Å². The highest BCUT2D eigenvalue weighted by molar-refractivity contribution is 7.71. The number of hydrogen-bond donors (Lipinski definition) is 2. The van der Waals surface area contributed by atoms with Crippen molar-refractivity contribution in [3.05, 3.63) is 86.4 Å². The highest BCUT2D eigenvalue weighted by atomic mass is 32.1. The summed E-state index contributed by atoms with van der Waals surface area (Å²) in [5.41, 5.74) is 3.99. The average molecular weight is 462 g/mol. The summed E-state index contributed by atoms with van der Waals surface area (Å²) in [6.45, 7) is 4.00. The molecule has 0 bridgehead atoms. The maximum atomic E-state index is 13.3. The molecule has 1 amide bonds. The highest BCUT2D eigenvalue weighted by Crippen LogP contribution is 2.27. The number of aromatic nitrogens is 2. The van der Waals surface area contributed by atoms with Gasteiger partial charge >= 0.3 is 0 Å². The molecule has 4 aromatic rings. The minimum Gasteiger partial charge on any atom is -0.497 e. The smallest absolute Gasteiger partial charge is 0.266 e. The molecule has 3 aromatic carbocycles. The van der Waals surface area contributed by atoms with E-state index in [1.165, 1.54) is 11.7 Å². The molecule has 0 unspecified atom stereocenters. The molecular weight excluding hydrogens is 438 g/mol. The average Bonchev–Trinajstić information content (AvgIpc) is 2.81. The quantitative estimate of drug-likeness (QED) is 0.412. The zero-order chi connectivity index (χ0) is 23.7. The largest absolute Gasteiger partial charge is 0.497 e. The van der Waals surface area contributed by atoms with Crippen LogP contribution in [0.15, 0.2) is 59.4 Å². The number of amides is 1. The van der Waals surface area contributed by atoms with Crippen LogP contribution in [0.1, 0.15) is 21.5 Å². The second-order valence-electron chi connectivity index (χ2n) is 7.62. The van der Waals surface area contributed by atoms with Crippen molar-refractivity contribution >= 4 is 34.7 Å². The van der Waals surface area contributed by atoms with Gasteiger partial charge in [0.25, 0.3) is 11.5 Å². The molecule has 7 nitrogen and oxygen atoms in total. The van der Waals surface area contributed by atoms with E-state index in [0.29, 0.717) is 39.3 Å². The number of benzene rings is 3. The van der Waals surface area contributed by atoms with Crippen molar-refractivity contribution in [3.8, 4) is 17.2 Å². The number of hydrogen-bond acceptors (Lipinski definition) is 5. The minimum atomic E-state index is -0.321. The van der Waals surface area contributed by atoms with E-state index in [4.69, 9.17) is 21.7 Å². The Morgan fingerprint density at radius 3 is 2.45 bits per heavy atom. The molecule has 0 saturated carbocycles. The second kappa shape index (κ2) is 8.91. The molecule has 0 aliphatic rings. The van der Waals surface area contributed by atoms with Crippen LogP contribution in [-0.4, -0.2) is 29.7 Å². The molecule has 0 fully saturated rings. The maximum Gasteiger partial charge on any atom is 0.266 e. The van der Waals surface area contributed by atoms with E-state index in [1.807, 2.05) is 32.0 Å². The third-order valence-electron chi connectivity index (χ3n) is 5.55. The number of methoxy groups -OCH3 is 2. The number of aryl methyl sites for hydroxylation is 2. The Labute approximate surface area is 195 Å². The Hall–Kier alpha value is -3.91. The second-order valence-corrected chi connectivity index (χ2v) is 8.01. The molecule has 0 atom stereocenters. The third kappa shape index (κ3) is 4.25. The first-order valence-corrected chi connectivity index (χ1v) is 10.6. The summed E-state index contributed by atoms with van der Waals surface area (Å²) >= 11 is 5.48. The van der Waals surface area contributed by atoms with Crippen LogP contribution in [-0.2, 0) is 0 Å². The lowest BCUT2D eigenvalue weighted by Crippen LogP contribution is -2.21. The molecule has 2 N–H and O–H groups in total. The summed E-state index contributed by atoms with van der Waals surface area (Å²) < 4.78 is 12.2. The van der Waals surface area contributed by atoms with Crippen LogP contribution >= 0.6 is 12.2 Å². The molecule has 4 rings (SSSR count). The number of aromatic amines is 1. The molecule has 0 saturated heterocycles. The van der Waals surface area contributed by atoms with Gasteiger partial charge in [0.1, 0.15) is 11.5 Å². The Balaban J connectivity index is 1.75. The predicted molar refractivity (Wildman–Crippen MR) is 132 cm³/mol. The molecule has 0 aliphatic heterocycles. The molecule has 168 valence electrons. The van der Waals surface area contributed by atoms with Crippen LogP contribution in [0.4, 0.5) is 5.69 Å². The van der Waals surface area contributed by atoms with Gasteiger partial charge in [-0.3, -0.25) is 9.59 Å². The van der Waals surface area contributed by atoms with Crippen molar-refractivity contribution < 1.29 is 14.3 Å². The van der Waals surface area contributed by atoms with Crippen molar-refractivity contribution in [1.29, 1.82) is 0 Å². The van der Waals surface area contributed by atoms with E-state index >= 15 is 0 Å². The number of fused-ring (bicyclic) bond motifs is 1. The normalized spacial score (nSPS) is 10.8. The van der Waals surface area contributed by atoms with Crippen LogP contribution in [0.2, 0.25) is 0 Å². The lowest BCUT2D eigenvalue weighted by atomic mass is 10.1. The van der Waals surface area contributed by atoms with Crippen molar-refractivity contribution in [2.45, 2.75) is 13.8 Å². The first-order valence-electron chi connectivity index (χ1n) is 10.2. The Bertz CT molecular complexity index is 1500. The summed E-state index contributed by atoms with van der Waals surface area (Å²) in [6.07, 6.45) is 0. The zero-order valence-corrected chi connectivity index (χ0v) is 19.5. The van der Waals surface area contributed by atoms with Gasteiger partial charge < -0.3 is 19.8 Å². The van der Waals surface area contributed by atoms with E-state index in [2.05, 4.69) is 10.3 Å². The fraction of sp³-hybridized carbons (Fsp3) is 0.160. The Morgan fingerprint density at radius 2 is 1.76 bits per heavy atom. The number of carbonyl (C=O) groups is 1. The number of anilines is 1. The van der Waals surface area contributed by atoms with Crippen LogP contribution in [0.5, 0.6) is 11.5 Å². The third-order valence-corrected chi connectivity index (χ3v) is 5.84. The van der Waals surface area contributed by atoms with E-state index in [1.54, 1.807) is 43.5 Å². The van der Waals surface area contributed by atoms with Gasteiger partial charge in [0.05, 0.1) is 30.8 Å². The Kier molecular flexibility index (Phi) is 6.02. The fourth-order valence-electron chi connectivity index (χ4n) is 3.57. The monoisotopic (exact) mass is 461 g/mol. The van der Waals surface area contributed by atoms with Gasteiger partial charge in [-0.05, 0) is 79.7 Å². The van der Waals surface area contributed by atoms with Gasteiger partial charge in [-0.1, -0.05) is 6.07 Å². The summed E-state index contributed by atoms with van der Waals surface area (Å²) in [4.78, 5) is 29.2. The number of carbonyl (C=O) groups excluding carboxylic acids is 1. The molecule has 0 radical (unpaired) electrons. The molecule has 0 spiro atoms. The number of rotatable bonds is 5. The maximum absolute atomic E-state index is 13.3. The first-order chi connectivity index (χ1) is 15.8. The predicted octanol–water partition coefficient (Wildman–Crippen LogP) is 4.93. The van der Waals surface area contributed by atoms with Crippen LogP contribution < -0.4 is 20.3 Å². The highest BCUT2D eigenvalue weighted by Gasteiger charge is 2.15. The number of nitrogens with zero attached hydrogens (tertiary/aromatic N) is 1. The molecule has 8 heteroatoms. The topological polar surface area (TPSA) is 85.4 Å². The van der Waals surface area contributed by atoms with Crippen LogP contribution in [0.3, 0.4) is 0 Å². The van der Waals surface area contributed by atoms with Gasteiger partial charge in [0.15, 0.2) is 4.77 Å². The molecule has 0 aliphatic carbocycles. The van der Waals surface area contributed by atoms with Crippen LogP contribution in [0.25, 0.3) is 16.6 Å². The Morgan fingerprint density at radius 1 is 0.970 bits per heavy atom. The lowest BCUT2D eigenvalue weighted by molar-refractivity contribution is 0.102. The van der Waals surface area contributed by atoms with Gasteiger partial charge in [-0.2, -0.15) is 0 Å². The summed E-state index contributed by atoms with van der Waals surface area (Å²) in [5, 5.41) is 3.29. The lowest BCUT2D eigenvalue weighted by Gasteiger charge is -2.14. The number of ether oxygens (including phenoxy) is 2. The fourth-order valence-corrected chi connectivity index (χ4v) is 3.86. The molecule has 33 heavy (non-hydrogen) atoms. The van der Waals surface area contributed by atoms with E-state index in [-0.39, 0.29) is 16.2 Å². The van der Waals surface area contributed by atoms with Gasteiger partial charge in [-0.15, -0.1) is 0 Å². The summed E-state index contributed by atoms with van der Waals surface area (Å²) in [6, 6.07) is 15.7. The van der Waals surface area contributed by atoms with Gasteiger partial charge in [0.2, 0.25) is 0 Å². The number of nitrogens with one attached hydrogen (secondary N) is 2. The van der Waals surface area contributed by atoms with Crippen molar-refractivity contribution in [2.24, 2.45) is 0 Å². The molecular formula is C25H23N3O4S. The molecule has 1 heterocycles.